The summed E-state index contributed by atoms with van der Waals surface area (Å²) in [7, 11) is -1.01. The van der Waals surface area contributed by atoms with Gasteiger partial charge in [-0.25, -0.2) is 0 Å². The molecule has 0 aliphatic carbocycles. The number of hydrogen-bond acceptors (Lipinski definition) is 6. The average Bonchev–Trinajstić information content (AvgIpc) is 2.21. The molecule has 0 atom stereocenters. The van der Waals surface area contributed by atoms with Crippen LogP contribution in [0.3, 0.4) is 0 Å². The summed E-state index contributed by atoms with van der Waals surface area (Å²) >= 11 is 0. The van der Waals surface area contributed by atoms with Crippen molar-refractivity contribution in [2.24, 2.45) is 5.73 Å². The van der Waals surface area contributed by atoms with E-state index >= 15 is 0 Å². The number of carboxylic acid groups (broad SMARTS) is 4. The van der Waals surface area contributed by atoms with Crippen molar-refractivity contribution < 1.29 is 39.6 Å². The fraction of sp³-hybridized carbons (Fsp3) is 0.692. The summed E-state index contributed by atoms with van der Waals surface area (Å²) in [5.41, 5.74) is 5.30. The van der Waals surface area contributed by atoms with Crippen molar-refractivity contribution in [1.29, 1.82) is 0 Å². The second-order valence-electron chi connectivity index (χ2n) is 5.04. The summed E-state index contributed by atoms with van der Waals surface area (Å²) in [6.07, 6.45) is 0. The van der Waals surface area contributed by atoms with E-state index in [-0.39, 0.29) is 0 Å². The Labute approximate surface area is 143 Å². The van der Waals surface area contributed by atoms with Crippen molar-refractivity contribution in [3.63, 3.8) is 0 Å². The van der Waals surface area contributed by atoms with Gasteiger partial charge in [0.15, 0.2) is 0 Å². The molecule has 0 aromatic carbocycles. The maximum Gasteiger partial charge on any atom is 0.300 e. The molecule has 0 aromatic rings. The molecule has 0 saturated heterocycles. The number of hydrogen-bond donors (Lipinski definition) is 6. The molecule has 0 fully saturated rings. The van der Waals surface area contributed by atoms with Crippen LogP contribution in [0.25, 0.3) is 0 Å². The van der Waals surface area contributed by atoms with Crippen molar-refractivity contribution in [3.8, 4) is 0 Å². The molecular weight excluding hydrogens is 340 g/mol. The highest BCUT2D eigenvalue weighted by Crippen LogP contribution is 1.91. The molecule has 11 heteroatoms. The minimum atomic E-state index is -1.01. The fourth-order valence-corrected chi connectivity index (χ4v) is 1.34. The minimum absolute atomic E-state index is 0.754. The standard InChI is InChI=1S/C5H16N2Si.4C2H4O2/c1-8(2,3)7-5-4-6;4*1-2(3)4/h7H,4-6H2,1-3H3;4*1H3,(H,3,4). The van der Waals surface area contributed by atoms with Crippen LogP contribution in [-0.2, 0) is 19.2 Å². The number of carboxylic acids is 4. The lowest BCUT2D eigenvalue weighted by atomic mass is 10.7. The zero-order valence-electron chi connectivity index (χ0n) is 15.4. The molecule has 0 bridgehead atoms. The van der Waals surface area contributed by atoms with Gasteiger partial charge < -0.3 is 31.1 Å². The number of carbonyl (C=O) groups is 4. The zero-order chi connectivity index (χ0) is 20.9. The quantitative estimate of drug-likeness (QED) is 0.385. The predicted octanol–water partition coefficient (Wildman–Crippen LogP) is 0.733. The van der Waals surface area contributed by atoms with Crippen LogP contribution >= 0.6 is 0 Å². The maximum absolute atomic E-state index is 9.00. The molecule has 146 valence electrons. The first-order valence-corrected chi connectivity index (χ1v) is 10.2. The van der Waals surface area contributed by atoms with Gasteiger partial charge in [-0.15, -0.1) is 0 Å². The molecule has 0 aromatic heterocycles. The Kier molecular flexibility index (Phi) is 32.6. The summed E-state index contributed by atoms with van der Waals surface area (Å²) in [6.45, 7) is 12.9. The maximum atomic E-state index is 9.00. The number of nitrogens with two attached hydrogens (primary N) is 1. The number of rotatable bonds is 3. The van der Waals surface area contributed by atoms with Crippen LogP contribution in [0.15, 0.2) is 0 Å². The monoisotopic (exact) mass is 372 g/mol. The normalized spacial score (nSPS) is 8.17. The molecule has 0 heterocycles. The molecule has 24 heavy (non-hydrogen) atoms. The molecule has 0 aliphatic heterocycles. The van der Waals surface area contributed by atoms with E-state index < -0.39 is 32.1 Å². The van der Waals surface area contributed by atoms with Gasteiger partial charge in [0.1, 0.15) is 8.24 Å². The second-order valence-corrected chi connectivity index (χ2v) is 9.90. The van der Waals surface area contributed by atoms with E-state index in [1.54, 1.807) is 0 Å². The van der Waals surface area contributed by atoms with Crippen molar-refractivity contribution >= 4 is 32.1 Å². The highest BCUT2D eigenvalue weighted by molar-refractivity contribution is 6.73. The van der Waals surface area contributed by atoms with Gasteiger partial charge in [0, 0.05) is 40.8 Å². The van der Waals surface area contributed by atoms with E-state index in [0.29, 0.717) is 0 Å². The van der Waals surface area contributed by atoms with Crippen molar-refractivity contribution in [3.05, 3.63) is 0 Å². The van der Waals surface area contributed by atoms with Gasteiger partial charge in [-0.2, -0.15) is 0 Å². The largest absolute Gasteiger partial charge is 0.481 e. The van der Waals surface area contributed by atoms with E-state index in [4.69, 9.17) is 45.3 Å². The zero-order valence-corrected chi connectivity index (χ0v) is 16.4. The SMILES string of the molecule is CC(=O)O.CC(=O)O.CC(=O)O.CC(=O)O.C[Si](C)(C)NCCN. The first kappa shape index (κ1) is 33.6. The average molecular weight is 372 g/mol. The van der Waals surface area contributed by atoms with Gasteiger partial charge in [0.25, 0.3) is 23.9 Å². The van der Waals surface area contributed by atoms with Crippen molar-refractivity contribution in [1.82, 2.24) is 4.98 Å². The van der Waals surface area contributed by atoms with E-state index in [1.807, 2.05) is 0 Å². The van der Waals surface area contributed by atoms with E-state index in [9.17, 15) is 0 Å². The summed E-state index contributed by atoms with van der Waals surface area (Å²) in [5, 5.41) is 29.7. The first-order valence-electron chi connectivity index (χ1n) is 6.72. The molecule has 0 saturated carbocycles. The Morgan fingerprint density at radius 2 is 0.917 bits per heavy atom. The third-order valence-electron chi connectivity index (χ3n) is 0.800. The van der Waals surface area contributed by atoms with Crippen LogP contribution < -0.4 is 10.7 Å². The minimum Gasteiger partial charge on any atom is -0.481 e. The summed E-state index contributed by atoms with van der Waals surface area (Å²) in [4.78, 5) is 39.4. The second kappa shape index (κ2) is 23.3. The Morgan fingerprint density at radius 1 is 0.750 bits per heavy atom. The molecule has 0 spiro atoms. The van der Waals surface area contributed by atoms with Crippen LogP contribution in [0, 0.1) is 0 Å². The Balaban J connectivity index is -0.0000000657. The molecule has 0 aliphatic rings. The molecule has 7 N–H and O–H groups in total. The molecule has 0 rings (SSSR count). The highest BCUT2D eigenvalue weighted by Gasteiger charge is 2.09. The Morgan fingerprint density at radius 3 is 0.958 bits per heavy atom. The van der Waals surface area contributed by atoms with Gasteiger partial charge in [-0.05, 0) is 0 Å². The van der Waals surface area contributed by atoms with Gasteiger partial charge in [-0.3, -0.25) is 19.2 Å². The summed E-state index contributed by atoms with van der Waals surface area (Å²) in [5.74, 6) is -3.33. The van der Waals surface area contributed by atoms with Crippen LogP contribution in [0.5, 0.6) is 0 Å². The fourth-order valence-electron chi connectivity index (χ4n) is 0.447. The molecule has 0 unspecified atom stereocenters. The van der Waals surface area contributed by atoms with E-state index in [1.165, 1.54) is 0 Å². The van der Waals surface area contributed by atoms with Crippen LogP contribution in [-0.4, -0.2) is 65.6 Å². The van der Waals surface area contributed by atoms with Crippen LogP contribution in [0.2, 0.25) is 19.6 Å². The van der Waals surface area contributed by atoms with Crippen LogP contribution in [0.4, 0.5) is 0 Å². The molecule has 0 radical (unpaired) electrons. The predicted molar refractivity (Wildman–Crippen MR) is 93.6 cm³/mol. The topological polar surface area (TPSA) is 187 Å². The Hall–Kier alpha value is -1.98. The lowest BCUT2D eigenvalue weighted by Crippen LogP contribution is -2.43. The van der Waals surface area contributed by atoms with Gasteiger partial charge in [0.2, 0.25) is 0 Å². The number of aliphatic carboxylic acids is 4. The van der Waals surface area contributed by atoms with Crippen LogP contribution in [0.1, 0.15) is 27.7 Å². The molecule has 0 amide bonds. The van der Waals surface area contributed by atoms with E-state index in [0.717, 1.165) is 40.8 Å². The summed E-state index contributed by atoms with van der Waals surface area (Å²) in [6, 6.07) is 0. The molecule has 10 nitrogen and oxygen atoms in total. The number of nitrogens with one attached hydrogen (secondary N) is 1. The molecular formula is C13H32N2O8Si. The Bertz CT molecular complexity index is 279. The third-order valence-corrected chi connectivity index (χ3v) is 2.11. The first-order chi connectivity index (χ1) is 10.5. The highest BCUT2D eigenvalue weighted by atomic mass is 28.3. The van der Waals surface area contributed by atoms with Crippen molar-refractivity contribution in [2.75, 3.05) is 13.1 Å². The lowest BCUT2D eigenvalue weighted by Gasteiger charge is -2.16. The van der Waals surface area contributed by atoms with Gasteiger partial charge in [-0.1, -0.05) is 19.6 Å². The lowest BCUT2D eigenvalue weighted by molar-refractivity contribution is -0.135. The third kappa shape index (κ3) is 795. The smallest absolute Gasteiger partial charge is 0.300 e. The summed E-state index contributed by atoms with van der Waals surface area (Å²) < 4.78 is 0. The van der Waals surface area contributed by atoms with E-state index in [2.05, 4.69) is 24.6 Å². The van der Waals surface area contributed by atoms with Gasteiger partial charge in [0.05, 0.1) is 0 Å². The van der Waals surface area contributed by atoms with Crippen molar-refractivity contribution in [2.45, 2.75) is 47.3 Å². The van der Waals surface area contributed by atoms with Gasteiger partial charge >= 0.3 is 0 Å².